The van der Waals surface area contributed by atoms with Gasteiger partial charge in [-0.25, -0.2) is 0 Å². The fourth-order valence-corrected chi connectivity index (χ4v) is 10.1. The number of unbranched alkanes of at least 4 members (excludes halogenated alkanes) is 2. The first-order valence-electron chi connectivity index (χ1n) is 14.2. The van der Waals surface area contributed by atoms with E-state index in [0.29, 0.717) is 0 Å². The highest BCUT2D eigenvalue weighted by Gasteiger charge is 2.32. The molecule has 0 N–H and O–H groups in total. The Kier molecular flexibility index (Phi) is 8.67. The van der Waals surface area contributed by atoms with Crippen molar-refractivity contribution in [1.29, 1.82) is 0 Å². The second kappa shape index (κ2) is 11.6. The van der Waals surface area contributed by atoms with E-state index in [-0.39, 0.29) is 0 Å². The van der Waals surface area contributed by atoms with Crippen molar-refractivity contribution in [1.82, 2.24) is 0 Å². The molecule has 0 aromatic heterocycles. The van der Waals surface area contributed by atoms with Crippen molar-refractivity contribution >= 4 is 27.8 Å². The maximum atomic E-state index is 6.91. The van der Waals surface area contributed by atoms with Gasteiger partial charge in [0.05, 0.1) is 11.5 Å². The Morgan fingerprint density at radius 1 is 0.611 bits per heavy atom. The molecule has 0 unspecified atom stereocenters. The number of benzene rings is 2. The van der Waals surface area contributed by atoms with Crippen LogP contribution in [0.3, 0.4) is 0 Å². The maximum absolute atomic E-state index is 6.91. The quantitative estimate of drug-likeness (QED) is 0.246. The Morgan fingerprint density at radius 3 is 1.39 bits per heavy atom. The minimum absolute atomic E-state index is 0.948. The zero-order chi connectivity index (χ0) is 25.8. The summed E-state index contributed by atoms with van der Waals surface area (Å²) in [6.45, 7) is 14.1. The molecule has 36 heavy (non-hydrogen) atoms. The topological polar surface area (TPSA) is 18.5 Å². The molecule has 2 nitrogen and oxygen atoms in total. The van der Waals surface area contributed by atoms with E-state index in [4.69, 9.17) is 8.85 Å². The average molecular weight is 519 g/mol. The normalized spacial score (nSPS) is 15.4. The maximum Gasteiger partial charge on any atom is 0.244 e. The van der Waals surface area contributed by atoms with E-state index in [2.05, 4.69) is 88.6 Å². The van der Waals surface area contributed by atoms with E-state index in [9.17, 15) is 0 Å². The van der Waals surface area contributed by atoms with Gasteiger partial charge in [-0.3, -0.25) is 0 Å². The molecule has 2 aliphatic carbocycles. The van der Waals surface area contributed by atoms with Gasteiger partial charge in [0.15, 0.2) is 0 Å². The van der Waals surface area contributed by atoms with Crippen LogP contribution in [0.1, 0.15) is 74.6 Å². The Bertz CT molecular complexity index is 1040. The number of allylic oxidation sites excluding steroid dienone is 4. The molecule has 2 aromatic rings. The molecular formula is C32H46O2Si2. The van der Waals surface area contributed by atoms with Crippen LogP contribution in [0.4, 0.5) is 0 Å². The summed E-state index contributed by atoms with van der Waals surface area (Å²) in [5.74, 6) is 2.49. The van der Waals surface area contributed by atoms with Crippen molar-refractivity contribution in [3.63, 3.8) is 0 Å². The number of hydrogen-bond acceptors (Lipinski definition) is 2. The SMILES string of the molecule is CCCC[Si](C)(C)OC1=C(CCC2=C(O[Si](C)(C)CCCC)Cc3ccccc32)c2ccccc2C1. The number of rotatable bonds is 13. The van der Waals surface area contributed by atoms with Crippen molar-refractivity contribution in [2.24, 2.45) is 0 Å². The molecule has 194 valence electrons. The average Bonchev–Trinajstić information content (AvgIpc) is 3.36. The van der Waals surface area contributed by atoms with E-state index < -0.39 is 16.6 Å². The lowest BCUT2D eigenvalue weighted by Gasteiger charge is -2.27. The molecule has 0 aliphatic heterocycles. The molecule has 0 radical (unpaired) electrons. The summed E-state index contributed by atoms with van der Waals surface area (Å²) in [7, 11) is -3.47. The summed E-state index contributed by atoms with van der Waals surface area (Å²) in [4.78, 5) is 0. The van der Waals surface area contributed by atoms with Gasteiger partial charge in [0.2, 0.25) is 16.6 Å². The van der Waals surface area contributed by atoms with Gasteiger partial charge in [-0.15, -0.1) is 0 Å². The summed E-state index contributed by atoms with van der Waals surface area (Å²) in [5.41, 5.74) is 8.52. The number of fused-ring (bicyclic) bond motifs is 2. The van der Waals surface area contributed by atoms with Gasteiger partial charge in [-0.05, 0) is 84.5 Å². The molecule has 0 amide bonds. The molecule has 0 saturated heterocycles. The van der Waals surface area contributed by atoms with E-state index in [1.165, 1.54) is 82.7 Å². The Morgan fingerprint density at radius 2 is 1.00 bits per heavy atom. The van der Waals surface area contributed by atoms with Gasteiger partial charge in [0, 0.05) is 12.8 Å². The van der Waals surface area contributed by atoms with Gasteiger partial charge in [-0.2, -0.15) is 0 Å². The van der Waals surface area contributed by atoms with Gasteiger partial charge >= 0.3 is 0 Å². The van der Waals surface area contributed by atoms with E-state index in [1.807, 2.05) is 0 Å². The molecule has 0 spiro atoms. The summed E-state index contributed by atoms with van der Waals surface area (Å²) in [6, 6.07) is 20.3. The second-order valence-electron chi connectivity index (χ2n) is 11.9. The third kappa shape index (κ3) is 6.44. The smallest absolute Gasteiger partial charge is 0.244 e. The summed E-state index contributed by atoms with van der Waals surface area (Å²) < 4.78 is 13.8. The van der Waals surface area contributed by atoms with Crippen LogP contribution in [-0.4, -0.2) is 16.6 Å². The first kappa shape index (κ1) is 27.0. The van der Waals surface area contributed by atoms with E-state index in [1.54, 1.807) is 0 Å². The van der Waals surface area contributed by atoms with Crippen molar-refractivity contribution < 1.29 is 8.85 Å². The molecule has 0 bridgehead atoms. The highest BCUT2D eigenvalue weighted by molar-refractivity contribution is 6.71. The van der Waals surface area contributed by atoms with Gasteiger partial charge in [0.1, 0.15) is 0 Å². The Labute approximate surface area is 222 Å². The van der Waals surface area contributed by atoms with Gasteiger partial charge in [-0.1, -0.05) is 88.1 Å². The van der Waals surface area contributed by atoms with Crippen molar-refractivity contribution in [3.05, 3.63) is 82.3 Å². The van der Waals surface area contributed by atoms with Crippen LogP contribution in [-0.2, 0) is 21.7 Å². The minimum Gasteiger partial charge on any atom is -0.546 e. The Hall–Kier alpha value is -2.05. The fraction of sp³-hybridized carbons (Fsp3) is 0.500. The number of hydrogen-bond donors (Lipinski definition) is 0. The Balaban J connectivity index is 1.62. The standard InChI is InChI=1S/C32H46O2Si2/c1-7-9-21-35(3,4)33-31-23-25-15-11-13-17-27(25)29(31)19-20-30-28-18-14-12-16-26(28)24-32(30)34-36(5,6)22-10-8-2/h11-18H,7-10,19-24H2,1-6H3. The van der Waals surface area contributed by atoms with Crippen LogP contribution in [0, 0.1) is 0 Å². The van der Waals surface area contributed by atoms with Crippen molar-refractivity contribution in [2.45, 2.75) is 103 Å². The largest absolute Gasteiger partial charge is 0.546 e. The molecule has 2 aromatic carbocycles. The summed E-state index contributed by atoms with van der Waals surface area (Å²) in [6.07, 6.45) is 8.91. The van der Waals surface area contributed by atoms with Crippen molar-refractivity contribution in [3.8, 4) is 0 Å². The molecule has 0 atom stereocenters. The minimum atomic E-state index is -1.74. The molecule has 0 saturated carbocycles. The predicted octanol–water partition coefficient (Wildman–Crippen LogP) is 9.74. The van der Waals surface area contributed by atoms with Crippen molar-refractivity contribution in [2.75, 3.05) is 0 Å². The van der Waals surface area contributed by atoms with Crippen LogP contribution in [0.25, 0.3) is 11.1 Å². The summed E-state index contributed by atoms with van der Waals surface area (Å²) >= 11 is 0. The van der Waals surface area contributed by atoms with E-state index in [0.717, 1.165) is 25.7 Å². The zero-order valence-corrected chi connectivity index (χ0v) is 25.5. The summed E-state index contributed by atoms with van der Waals surface area (Å²) in [5, 5.41) is 0. The van der Waals surface area contributed by atoms with Crippen LogP contribution in [0.2, 0.25) is 38.3 Å². The lowest BCUT2D eigenvalue weighted by atomic mass is 9.96. The lowest BCUT2D eigenvalue weighted by molar-refractivity contribution is 0.403. The van der Waals surface area contributed by atoms with Crippen LogP contribution in [0.5, 0.6) is 0 Å². The first-order valence-corrected chi connectivity index (χ1v) is 20.4. The molecule has 0 fully saturated rings. The highest BCUT2D eigenvalue weighted by Crippen LogP contribution is 2.43. The lowest BCUT2D eigenvalue weighted by Crippen LogP contribution is -2.30. The molecular weight excluding hydrogens is 473 g/mol. The van der Waals surface area contributed by atoms with Gasteiger partial charge in [0.25, 0.3) is 0 Å². The predicted molar refractivity (Wildman–Crippen MR) is 160 cm³/mol. The van der Waals surface area contributed by atoms with Gasteiger partial charge < -0.3 is 8.85 Å². The van der Waals surface area contributed by atoms with Crippen LogP contribution in [0.15, 0.2) is 60.0 Å². The molecule has 2 aliphatic rings. The first-order chi connectivity index (χ1) is 17.2. The van der Waals surface area contributed by atoms with E-state index >= 15 is 0 Å². The van der Waals surface area contributed by atoms with Crippen LogP contribution < -0.4 is 0 Å². The third-order valence-corrected chi connectivity index (χ3v) is 12.5. The third-order valence-electron chi connectivity index (χ3n) is 7.75. The van der Waals surface area contributed by atoms with Crippen LogP contribution >= 0.6 is 0 Å². The second-order valence-corrected chi connectivity index (χ2v) is 20.3. The molecule has 4 rings (SSSR count). The zero-order valence-electron chi connectivity index (χ0n) is 23.5. The molecule has 0 heterocycles. The molecule has 4 heteroatoms. The fourth-order valence-electron chi connectivity index (χ4n) is 5.77. The monoisotopic (exact) mass is 518 g/mol. The highest BCUT2D eigenvalue weighted by atomic mass is 28.4.